The molecule has 112 valence electrons. The summed E-state index contributed by atoms with van der Waals surface area (Å²) < 4.78 is 5.33. The number of hydrogen-bond donors (Lipinski definition) is 3. The van der Waals surface area contributed by atoms with Gasteiger partial charge in [-0.25, -0.2) is 0 Å². The number of phenols is 2. The van der Waals surface area contributed by atoms with Crippen LogP contribution in [0.2, 0.25) is 0 Å². The maximum Gasteiger partial charge on any atom is 0.122 e. The first-order chi connectivity index (χ1) is 10.1. The Morgan fingerprint density at radius 1 is 1.10 bits per heavy atom. The molecule has 0 aliphatic heterocycles. The van der Waals surface area contributed by atoms with Crippen LogP contribution >= 0.6 is 0 Å². The Hall–Kier alpha value is -2.20. The molecule has 0 spiro atoms. The summed E-state index contributed by atoms with van der Waals surface area (Å²) in [7, 11) is 1.67. The Bertz CT molecular complexity index is 578. The highest BCUT2D eigenvalue weighted by molar-refractivity contribution is 5.38. The molecule has 0 fully saturated rings. The van der Waals surface area contributed by atoms with Gasteiger partial charge < -0.3 is 20.3 Å². The summed E-state index contributed by atoms with van der Waals surface area (Å²) in [5, 5.41) is 22.4. The minimum atomic E-state index is 0.0395. The van der Waals surface area contributed by atoms with Crippen molar-refractivity contribution in [2.75, 3.05) is 13.7 Å². The average molecular weight is 287 g/mol. The summed E-state index contributed by atoms with van der Waals surface area (Å²) in [6.07, 6.45) is 0.846. The van der Waals surface area contributed by atoms with Crippen LogP contribution in [0.3, 0.4) is 0 Å². The van der Waals surface area contributed by atoms with Crippen LogP contribution in [0.1, 0.15) is 24.1 Å². The van der Waals surface area contributed by atoms with Crippen LogP contribution in [0.5, 0.6) is 17.2 Å². The quantitative estimate of drug-likeness (QED) is 0.764. The van der Waals surface area contributed by atoms with Crippen LogP contribution in [0, 0.1) is 0 Å². The van der Waals surface area contributed by atoms with E-state index >= 15 is 0 Å². The van der Waals surface area contributed by atoms with Crippen molar-refractivity contribution in [2.45, 2.75) is 19.4 Å². The van der Waals surface area contributed by atoms with Gasteiger partial charge in [0.1, 0.15) is 17.2 Å². The lowest BCUT2D eigenvalue weighted by Gasteiger charge is -2.15. The number of benzene rings is 2. The molecule has 0 aliphatic carbocycles. The lowest BCUT2D eigenvalue weighted by atomic mass is 10.1. The Kier molecular flexibility index (Phi) is 5.06. The van der Waals surface area contributed by atoms with Crippen molar-refractivity contribution in [1.29, 1.82) is 0 Å². The second-order valence-electron chi connectivity index (χ2n) is 5.02. The molecule has 3 N–H and O–H groups in total. The second kappa shape index (κ2) is 6.99. The highest BCUT2D eigenvalue weighted by Gasteiger charge is 2.08. The molecule has 0 aromatic heterocycles. The SMILES string of the molecule is COc1ccccc1CCNC(C)c1cc(O)cc(O)c1. The number of methoxy groups -OCH3 is 1. The van der Waals surface area contributed by atoms with E-state index in [1.165, 1.54) is 6.07 Å². The molecule has 2 rings (SSSR count). The summed E-state index contributed by atoms with van der Waals surface area (Å²) in [6, 6.07) is 12.6. The minimum absolute atomic E-state index is 0.0395. The molecule has 2 aromatic carbocycles. The minimum Gasteiger partial charge on any atom is -0.508 e. The van der Waals surface area contributed by atoms with Crippen LogP contribution in [0.15, 0.2) is 42.5 Å². The molecule has 0 saturated heterocycles. The van der Waals surface area contributed by atoms with Gasteiger partial charge in [-0.3, -0.25) is 0 Å². The summed E-state index contributed by atoms with van der Waals surface area (Å²) in [5.74, 6) is 1.04. The van der Waals surface area contributed by atoms with E-state index in [0.717, 1.165) is 29.8 Å². The van der Waals surface area contributed by atoms with Crippen LogP contribution < -0.4 is 10.1 Å². The van der Waals surface area contributed by atoms with Gasteiger partial charge in [-0.2, -0.15) is 0 Å². The van der Waals surface area contributed by atoms with Crippen LogP contribution in [-0.4, -0.2) is 23.9 Å². The third-order valence-corrected chi connectivity index (χ3v) is 3.46. The third kappa shape index (κ3) is 4.13. The Morgan fingerprint density at radius 2 is 1.76 bits per heavy atom. The Labute approximate surface area is 125 Å². The molecule has 4 heteroatoms. The van der Waals surface area contributed by atoms with Gasteiger partial charge in [-0.1, -0.05) is 18.2 Å². The topological polar surface area (TPSA) is 61.7 Å². The molecule has 0 aliphatic rings. The van der Waals surface area contributed by atoms with E-state index in [1.54, 1.807) is 19.2 Å². The number of rotatable bonds is 6. The zero-order chi connectivity index (χ0) is 15.2. The average Bonchev–Trinajstić information content (AvgIpc) is 2.46. The van der Waals surface area contributed by atoms with Crippen molar-refractivity contribution in [2.24, 2.45) is 0 Å². The van der Waals surface area contributed by atoms with Gasteiger partial charge in [0.2, 0.25) is 0 Å². The molecule has 1 atom stereocenters. The summed E-state index contributed by atoms with van der Waals surface area (Å²) in [5.41, 5.74) is 2.01. The fourth-order valence-corrected chi connectivity index (χ4v) is 2.32. The predicted molar refractivity (Wildman–Crippen MR) is 82.9 cm³/mol. The molecular formula is C17H21NO3. The van der Waals surface area contributed by atoms with Crippen molar-refractivity contribution in [3.8, 4) is 17.2 Å². The van der Waals surface area contributed by atoms with Crippen LogP contribution in [0.4, 0.5) is 0 Å². The van der Waals surface area contributed by atoms with Gasteiger partial charge in [0.15, 0.2) is 0 Å². The maximum absolute atomic E-state index is 9.51. The van der Waals surface area contributed by atoms with Gasteiger partial charge in [0, 0.05) is 12.1 Å². The number of nitrogens with one attached hydrogen (secondary N) is 1. The lowest BCUT2D eigenvalue weighted by Crippen LogP contribution is -2.21. The standard InChI is InChI=1S/C17H21NO3/c1-12(14-9-15(19)11-16(20)10-14)18-8-7-13-5-3-4-6-17(13)21-2/h3-6,9-12,18-20H,7-8H2,1-2H3. The molecular weight excluding hydrogens is 266 g/mol. The van der Waals surface area contributed by atoms with E-state index in [1.807, 2.05) is 31.2 Å². The Morgan fingerprint density at radius 3 is 2.43 bits per heavy atom. The monoisotopic (exact) mass is 287 g/mol. The zero-order valence-electron chi connectivity index (χ0n) is 12.3. The normalized spacial score (nSPS) is 12.1. The number of aromatic hydroxyl groups is 2. The van der Waals surface area contributed by atoms with Crippen molar-refractivity contribution in [1.82, 2.24) is 5.32 Å². The molecule has 0 radical (unpaired) electrons. The summed E-state index contributed by atoms with van der Waals surface area (Å²) >= 11 is 0. The van der Waals surface area contributed by atoms with Gasteiger partial charge >= 0.3 is 0 Å². The third-order valence-electron chi connectivity index (χ3n) is 3.46. The van der Waals surface area contributed by atoms with Crippen LogP contribution in [-0.2, 0) is 6.42 Å². The van der Waals surface area contributed by atoms with E-state index in [4.69, 9.17) is 4.74 Å². The van der Waals surface area contributed by atoms with Crippen molar-refractivity contribution in [3.63, 3.8) is 0 Å². The summed E-state index contributed by atoms with van der Waals surface area (Å²) in [6.45, 7) is 2.77. The predicted octanol–water partition coefficient (Wildman–Crippen LogP) is 3.00. The zero-order valence-corrected chi connectivity index (χ0v) is 12.3. The smallest absolute Gasteiger partial charge is 0.122 e. The highest BCUT2D eigenvalue weighted by atomic mass is 16.5. The van der Waals surface area contributed by atoms with Gasteiger partial charge in [-0.15, -0.1) is 0 Å². The molecule has 2 aromatic rings. The Balaban J connectivity index is 1.93. The fraction of sp³-hybridized carbons (Fsp3) is 0.294. The van der Waals surface area contributed by atoms with Crippen molar-refractivity contribution >= 4 is 0 Å². The molecule has 0 saturated carbocycles. The first-order valence-electron chi connectivity index (χ1n) is 6.98. The summed E-state index contributed by atoms with van der Waals surface area (Å²) in [4.78, 5) is 0. The number of phenolic OH excluding ortho intramolecular Hbond substituents is 2. The molecule has 0 bridgehead atoms. The van der Waals surface area contributed by atoms with Gasteiger partial charge in [-0.05, 0) is 49.2 Å². The van der Waals surface area contributed by atoms with E-state index < -0.39 is 0 Å². The van der Waals surface area contributed by atoms with Crippen LogP contribution in [0.25, 0.3) is 0 Å². The van der Waals surface area contributed by atoms with E-state index in [-0.39, 0.29) is 17.5 Å². The fourth-order valence-electron chi connectivity index (χ4n) is 2.32. The number of para-hydroxylation sites is 1. The lowest BCUT2D eigenvalue weighted by molar-refractivity contribution is 0.408. The molecule has 4 nitrogen and oxygen atoms in total. The largest absolute Gasteiger partial charge is 0.508 e. The van der Waals surface area contributed by atoms with E-state index in [9.17, 15) is 10.2 Å². The first kappa shape index (κ1) is 15.2. The van der Waals surface area contributed by atoms with Crippen molar-refractivity contribution in [3.05, 3.63) is 53.6 Å². The van der Waals surface area contributed by atoms with Gasteiger partial charge in [0.25, 0.3) is 0 Å². The maximum atomic E-state index is 9.51. The first-order valence-corrected chi connectivity index (χ1v) is 6.98. The van der Waals surface area contributed by atoms with E-state index in [2.05, 4.69) is 5.32 Å². The molecule has 1 unspecified atom stereocenters. The second-order valence-corrected chi connectivity index (χ2v) is 5.02. The van der Waals surface area contributed by atoms with Crippen molar-refractivity contribution < 1.29 is 14.9 Å². The number of ether oxygens (including phenoxy) is 1. The highest BCUT2D eigenvalue weighted by Crippen LogP contribution is 2.25. The molecule has 0 heterocycles. The number of hydrogen-bond acceptors (Lipinski definition) is 4. The molecule has 0 amide bonds. The van der Waals surface area contributed by atoms with Gasteiger partial charge in [0.05, 0.1) is 7.11 Å². The van der Waals surface area contributed by atoms with E-state index in [0.29, 0.717) is 0 Å². The molecule has 21 heavy (non-hydrogen) atoms.